The van der Waals surface area contributed by atoms with Gasteiger partial charge in [0.1, 0.15) is 0 Å². The standard InChI is InChI=1S/C20H16N2/c21-18-12-14-7-2-4-10-16(14)19(20(18)22)17-11-5-8-13-6-1-3-9-15(13)17/h1-12H,21-22H2. The van der Waals surface area contributed by atoms with Gasteiger partial charge in [-0.2, -0.15) is 0 Å². The third-order valence-electron chi connectivity index (χ3n) is 4.18. The van der Waals surface area contributed by atoms with E-state index in [2.05, 4.69) is 48.5 Å². The van der Waals surface area contributed by atoms with Crippen molar-refractivity contribution in [3.63, 3.8) is 0 Å². The topological polar surface area (TPSA) is 52.0 Å². The lowest BCUT2D eigenvalue weighted by Crippen LogP contribution is -1.98. The average Bonchev–Trinajstić information content (AvgIpc) is 2.56. The highest BCUT2D eigenvalue weighted by molar-refractivity contribution is 6.11. The van der Waals surface area contributed by atoms with Gasteiger partial charge in [0.25, 0.3) is 0 Å². The first kappa shape index (κ1) is 12.7. The van der Waals surface area contributed by atoms with Gasteiger partial charge in [-0.3, -0.25) is 0 Å². The summed E-state index contributed by atoms with van der Waals surface area (Å²) in [5.41, 5.74) is 15.9. The van der Waals surface area contributed by atoms with Crippen LogP contribution in [-0.2, 0) is 0 Å². The van der Waals surface area contributed by atoms with Crippen LogP contribution in [-0.4, -0.2) is 0 Å². The van der Waals surface area contributed by atoms with E-state index in [0.29, 0.717) is 11.4 Å². The molecule has 2 nitrogen and oxygen atoms in total. The molecule has 0 heterocycles. The number of nitrogens with two attached hydrogens (primary N) is 2. The van der Waals surface area contributed by atoms with Crippen LogP contribution in [0.1, 0.15) is 0 Å². The molecule has 0 aliphatic rings. The maximum absolute atomic E-state index is 6.35. The first-order valence-electron chi connectivity index (χ1n) is 7.30. The zero-order valence-corrected chi connectivity index (χ0v) is 12.1. The highest BCUT2D eigenvalue weighted by atomic mass is 14.7. The third-order valence-corrected chi connectivity index (χ3v) is 4.18. The molecule has 22 heavy (non-hydrogen) atoms. The quantitative estimate of drug-likeness (QED) is 0.492. The molecule has 0 aromatic heterocycles. The molecule has 0 saturated carbocycles. The number of nitrogen functional groups attached to an aromatic ring is 2. The van der Waals surface area contributed by atoms with E-state index in [1.165, 1.54) is 10.8 Å². The van der Waals surface area contributed by atoms with Crippen molar-refractivity contribution in [2.24, 2.45) is 0 Å². The maximum atomic E-state index is 6.35. The van der Waals surface area contributed by atoms with Crippen LogP contribution in [0, 0.1) is 0 Å². The zero-order valence-electron chi connectivity index (χ0n) is 12.1. The van der Waals surface area contributed by atoms with Crippen molar-refractivity contribution in [2.45, 2.75) is 0 Å². The summed E-state index contributed by atoms with van der Waals surface area (Å²) in [4.78, 5) is 0. The van der Waals surface area contributed by atoms with E-state index in [1.807, 2.05) is 24.3 Å². The molecule has 4 rings (SSSR count). The van der Waals surface area contributed by atoms with E-state index in [-0.39, 0.29) is 0 Å². The van der Waals surface area contributed by atoms with Gasteiger partial charge in [-0.1, -0.05) is 66.7 Å². The molecule has 0 fully saturated rings. The molecule has 0 aliphatic carbocycles. The molecule has 4 aromatic rings. The molecular weight excluding hydrogens is 268 g/mol. The van der Waals surface area contributed by atoms with Gasteiger partial charge in [-0.25, -0.2) is 0 Å². The molecule has 0 aliphatic heterocycles. The monoisotopic (exact) mass is 284 g/mol. The van der Waals surface area contributed by atoms with Crippen LogP contribution in [0.3, 0.4) is 0 Å². The van der Waals surface area contributed by atoms with Gasteiger partial charge in [0.2, 0.25) is 0 Å². The molecule has 0 radical (unpaired) electrons. The van der Waals surface area contributed by atoms with Gasteiger partial charge in [0, 0.05) is 5.56 Å². The minimum Gasteiger partial charge on any atom is -0.397 e. The summed E-state index contributed by atoms with van der Waals surface area (Å²) in [5, 5.41) is 4.63. The van der Waals surface area contributed by atoms with E-state index in [0.717, 1.165) is 21.9 Å². The second-order valence-corrected chi connectivity index (χ2v) is 5.50. The van der Waals surface area contributed by atoms with Crippen molar-refractivity contribution in [1.29, 1.82) is 0 Å². The van der Waals surface area contributed by atoms with E-state index in [1.54, 1.807) is 0 Å². The SMILES string of the molecule is Nc1cc2ccccc2c(-c2cccc3ccccc23)c1N. The van der Waals surface area contributed by atoms with Gasteiger partial charge in [0.05, 0.1) is 11.4 Å². The van der Waals surface area contributed by atoms with Crippen molar-refractivity contribution in [1.82, 2.24) is 0 Å². The molecule has 0 unspecified atom stereocenters. The summed E-state index contributed by atoms with van der Waals surface area (Å²) >= 11 is 0. The molecular formula is C20H16N2. The molecule has 4 N–H and O–H groups in total. The van der Waals surface area contributed by atoms with Crippen molar-refractivity contribution in [2.75, 3.05) is 11.5 Å². The van der Waals surface area contributed by atoms with Crippen LogP contribution < -0.4 is 11.5 Å². The number of benzene rings is 4. The molecule has 0 atom stereocenters. The Balaban J connectivity index is 2.19. The van der Waals surface area contributed by atoms with Gasteiger partial charge < -0.3 is 11.5 Å². The minimum absolute atomic E-state index is 0.627. The molecule has 0 spiro atoms. The smallest absolute Gasteiger partial charge is 0.0634 e. The summed E-state index contributed by atoms with van der Waals surface area (Å²) in [6.45, 7) is 0. The molecule has 4 aromatic carbocycles. The van der Waals surface area contributed by atoms with Crippen LogP contribution in [0.25, 0.3) is 32.7 Å². The van der Waals surface area contributed by atoms with E-state index < -0.39 is 0 Å². The van der Waals surface area contributed by atoms with Gasteiger partial charge >= 0.3 is 0 Å². The molecule has 0 saturated heterocycles. The van der Waals surface area contributed by atoms with E-state index in [9.17, 15) is 0 Å². The fourth-order valence-electron chi connectivity index (χ4n) is 3.12. The summed E-state index contributed by atoms with van der Waals surface area (Å²) in [5.74, 6) is 0. The second kappa shape index (κ2) is 4.78. The minimum atomic E-state index is 0.627. The first-order chi connectivity index (χ1) is 10.8. The Morgan fingerprint density at radius 3 is 2.05 bits per heavy atom. The van der Waals surface area contributed by atoms with Crippen molar-refractivity contribution in [3.8, 4) is 11.1 Å². The Labute approximate surface area is 129 Å². The van der Waals surface area contributed by atoms with Crippen LogP contribution in [0.5, 0.6) is 0 Å². The molecule has 0 bridgehead atoms. The van der Waals surface area contributed by atoms with Crippen molar-refractivity contribution in [3.05, 3.63) is 72.8 Å². The lowest BCUT2D eigenvalue weighted by atomic mass is 9.92. The number of fused-ring (bicyclic) bond motifs is 2. The lowest BCUT2D eigenvalue weighted by Gasteiger charge is -2.15. The first-order valence-corrected chi connectivity index (χ1v) is 7.30. The lowest BCUT2D eigenvalue weighted by molar-refractivity contribution is 1.66. The highest BCUT2D eigenvalue weighted by Gasteiger charge is 2.13. The number of hydrogen-bond acceptors (Lipinski definition) is 2. The fourth-order valence-corrected chi connectivity index (χ4v) is 3.12. The van der Waals surface area contributed by atoms with Crippen molar-refractivity contribution < 1.29 is 0 Å². The van der Waals surface area contributed by atoms with Crippen LogP contribution >= 0.6 is 0 Å². The fraction of sp³-hybridized carbons (Fsp3) is 0. The number of anilines is 2. The van der Waals surface area contributed by atoms with E-state index >= 15 is 0 Å². The predicted octanol–water partition coefficient (Wildman–Crippen LogP) is 4.82. The third kappa shape index (κ3) is 1.81. The Kier molecular flexibility index (Phi) is 2.76. The molecule has 106 valence electrons. The van der Waals surface area contributed by atoms with Gasteiger partial charge in [-0.05, 0) is 33.2 Å². The molecule has 2 heteroatoms. The summed E-state index contributed by atoms with van der Waals surface area (Å²) in [6, 6.07) is 24.8. The Morgan fingerprint density at radius 2 is 1.23 bits per heavy atom. The Hall–Kier alpha value is -3.00. The highest BCUT2D eigenvalue weighted by Crippen LogP contribution is 2.40. The molecule has 0 amide bonds. The Bertz CT molecular complexity index is 998. The van der Waals surface area contributed by atoms with Gasteiger partial charge in [0.15, 0.2) is 0 Å². The summed E-state index contributed by atoms with van der Waals surface area (Å²) < 4.78 is 0. The summed E-state index contributed by atoms with van der Waals surface area (Å²) in [6.07, 6.45) is 0. The largest absolute Gasteiger partial charge is 0.397 e. The van der Waals surface area contributed by atoms with Gasteiger partial charge in [-0.15, -0.1) is 0 Å². The second-order valence-electron chi connectivity index (χ2n) is 5.50. The van der Waals surface area contributed by atoms with Crippen LogP contribution in [0.2, 0.25) is 0 Å². The van der Waals surface area contributed by atoms with E-state index in [4.69, 9.17) is 11.5 Å². The Morgan fingerprint density at radius 1 is 0.591 bits per heavy atom. The van der Waals surface area contributed by atoms with Crippen LogP contribution in [0.15, 0.2) is 72.8 Å². The van der Waals surface area contributed by atoms with Crippen LogP contribution in [0.4, 0.5) is 11.4 Å². The average molecular weight is 284 g/mol. The summed E-state index contributed by atoms with van der Waals surface area (Å²) in [7, 11) is 0. The number of rotatable bonds is 1. The predicted molar refractivity (Wildman–Crippen MR) is 95.7 cm³/mol. The normalized spacial score (nSPS) is 11.1. The van der Waals surface area contributed by atoms with Crippen molar-refractivity contribution >= 4 is 32.9 Å². The number of hydrogen-bond donors (Lipinski definition) is 2. The maximum Gasteiger partial charge on any atom is 0.0634 e. The zero-order chi connectivity index (χ0) is 15.1.